The number of anilines is 2. The molecule has 0 atom stereocenters. The maximum absolute atomic E-state index is 5.76. The molecule has 4 heteroatoms. The number of halogens is 1. The van der Waals surface area contributed by atoms with Crippen molar-refractivity contribution in [3.8, 4) is 0 Å². The number of hydrogen-bond acceptors (Lipinski definition) is 3. The molecule has 17 heavy (non-hydrogen) atoms. The molecule has 0 aromatic heterocycles. The van der Waals surface area contributed by atoms with Crippen molar-refractivity contribution in [2.45, 2.75) is 19.9 Å². The van der Waals surface area contributed by atoms with Crippen molar-refractivity contribution in [1.29, 1.82) is 0 Å². The SMILES string of the molecule is CC(C)N1CCN(c2ccc(N)cc2Br)CC1. The van der Waals surface area contributed by atoms with Crippen LogP contribution in [0, 0.1) is 0 Å². The van der Waals surface area contributed by atoms with Gasteiger partial charge in [0.2, 0.25) is 0 Å². The summed E-state index contributed by atoms with van der Waals surface area (Å²) in [7, 11) is 0. The van der Waals surface area contributed by atoms with Crippen LogP contribution in [0.15, 0.2) is 22.7 Å². The first-order valence-corrected chi connectivity index (χ1v) is 6.91. The van der Waals surface area contributed by atoms with Crippen molar-refractivity contribution >= 4 is 27.3 Å². The predicted molar refractivity (Wildman–Crippen MR) is 77.5 cm³/mol. The molecule has 0 spiro atoms. The van der Waals surface area contributed by atoms with E-state index in [-0.39, 0.29) is 0 Å². The molecular formula is C13H20BrN3. The largest absolute Gasteiger partial charge is 0.399 e. The van der Waals surface area contributed by atoms with E-state index >= 15 is 0 Å². The molecule has 0 bridgehead atoms. The first kappa shape index (κ1) is 12.7. The lowest BCUT2D eigenvalue weighted by Crippen LogP contribution is -2.49. The van der Waals surface area contributed by atoms with E-state index in [0.29, 0.717) is 6.04 Å². The van der Waals surface area contributed by atoms with Gasteiger partial charge in [0, 0.05) is 42.4 Å². The molecule has 94 valence electrons. The van der Waals surface area contributed by atoms with E-state index in [2.05, 4.69) is 45.6 Å². The van der Waals surface area contributed by atoms with Crippen LogP contribution in [0.5, 0.6) is 0 Å². The van der Waals surface area contributed by atoms with E-state index in [1.54, 1.807) is 0 Å². The van der Waals surface area contributed by atoms with E-state index in [0.717, 1.165) is 36.3 Å². The second-order valence-electron chi connectivity index (χ2n) is 4.83. The van der Waals surface area contributed by atoms with Gasteiger partial charge in [-0.25, -0.2) is 0 Å². The van der Waals surface area contributed by atoms with E-state index in [9.17, 15) is 0 Å². The maximum atomic E-state index is 5.76. The van der Waals surface area contributed by atoms with E-state index in [1.807, 2.05) is 12.1 Å². The highest BCUT2D eigenvalue weighted by Crippen LogP contribution is 2.29. The molecule has 0 aliphatic carbocycles. The van der Waals surface area contributed by atoms with Gasteiger partial charge in [0.05, 0.1) is 5.69 Å². The summed E-state index contributed by atoms with van der Waals surface area (Å²) in [6, 6.07) is 6.69. The second kappa shape index (κ2) is 5.27. The minimum Gasteiger partial charge on any atom is -0.399 e. The Bertz CT molecular complexity index is 384. The van der Waals surface area contributed by atoms with Crippen LogP contribution in [0.25, 0.3) is 0 Å². The Morgan fingerprint density at radius 2 is 1.82 bits per heavy atom. The Hall–Kier alpha value is -0.740. The van der Waals surface area contributed by atoms with Crippen LogP contribution in [0.1, 0.15) is 13.8 Å². The highest BCUT2D eigenvalue weighted by Gasteiger charge is 2.20. The highest BCUT2D eigenvalue weighted by molar-refractivity contribution is 9.10. The quantitative estimate of drug-likeness (QED) is 0.852. The first-order chi connectivity index (χ1) is 8.08. The zero-order chi connectivity index (χ0) is 12.4. The topological polar surface area (TPSA) is 32.5 Å². The van der Waals surface area contributed by atoms with Gasteiger partial charge in [0.1, 0.15) is 0 Å². The number of piperazine rings is 1. The Morgan fingerprint density at radius 3 is 2.35 bits per heavy atom. The molecule has 2 rings (SSSR count). The van der Waals surface area contributed by atoms with Crippen LogP contribution in [-0.4, -0.2) is 37.1 Å². The fraction of sp³-hybridized carbons (Fsp3) is 0.538. The summed E-state index contributed by atoms with van der Waals surface area (Å²) < 4.78 is 1.09. The number of nitrogen functional groups attached to an aromatic ring is 1. The van der Waals surface area contributed by atoms with Gasteiger partial charge in [-0.1, -0.05) is 0 Å². The maximum Gasteiger partial charge on any atom is 0.0513 e. The molecule has 1 saturated heterocycles. The molecule has 3 nitrogen and oxygen atoms in total. The highest BCUT2D eigenvalue weighted by atomic mass is 79.9. The first-order valence-electron chi connectivity index (χ1n) is 6.12. The lowest BCUT2D eigenvalue weighted by atomic mass is 10.2. The van der Waals surface area contributed by atoms with Crippen molar-refractivity contribution < 1.29 is 0 Å². The molecule has 1 fully saturated rings. The lowest BCUT2D eigenvalue weighted by Gasteiger charge is -2.38. The molecular weight excluding hydrogens is 278 g/mol. The monoisotopic (exact) mass is 297 g/mol. The van der Waals surface area contributed by atoms with E-state index in [1.165, 1.54) is 5.69 Å². The van der Waals surface area contributed by atoms with Crippen molar-refractivity contribution in [3.63, 3.8) is 0 Å². The third kappa shape index (κ3) is 2.93. The summed E-state index contributed by atoms with van der Waals surface area (Å²) in [6.45, 7) is 8.95. The average molecular weight is 298 g/mol. The molecule has 0 amide bonds. The molecule has 1 aromatic carbocycles. The summed E-state index contributed by atoms with van der Waals surface area (Å²) in [5.41, 5.74) is 7.82. The smallest absolute Gasteiger partial charge is 0.0513 e. The van der Waals surface area contributed by atoms with Gasteiger partial charge in [-0.3, -0.25) is 4.90 Å². The van der Waals surface area contributed by atoms with Gasteiger partial charge in [-0.2, -0.15) is 0 Å². The summed E-state index contributed by atoms with van der Waals surface area (Å²) in [5, 5.41) is 0. The summed E-state index contributed by atoms with van der Waals surface area (Å²) in [4.78, 5) is 4.93. The Labute approximate surface area is 112 Å². The van der Waals surface area contributed by atoms with Crippen molar-refractivity contribution in [1.82, 2.24) is 4.90 Å². The lowest BCUT2D eigenvalue weighted by molar-refractivity contribution is 0.209. The third-order valence-corrected chi connectivity index (χ3v) is 3.99. The number of rotatable bonds is 2. The van der Waals surface area contributed by atoms with Gasteiger partial charge in [0.25, 0.3) is 0 Å². The minimum atomic E-state index is 0.645. The Morgan fingerprint density at radius 1 is 1.18 bits per heavy atom. The Kier molecular flexibility index (Phi) is 3.94. The number of hydrogen-bond donors (Lipinski definition) is 1. The van der Waals surface area contributed by atoms with Crippen LogP contribution in [0.3, 0.4) is 0 Å². The summed E-state index contributed by atoms with van der Waals surface area (Å²) in [5.74, 6) is 0. The standard InChI is InChI=1S/C13H20BrN3/c1-10(2)16-5-7-17(8-6-16)13-4-3-11(15)9-12(13)14/h3-4,9-10H,5-8,15H2,1-2H3. The van der Waals surface area contributed by atoms with Gasteiger partial charge in [-0.15, -0.1) is 0 Å². The van der Waals surface area contributed by atoms with Crippen LogP contribution in [0.4, 0.5) is 11.4 Å². The van der Waals surface area contributed by atoms with Crippen LogP contribution >= 0.6 is 15.9 Å². The Balaban J connectivity index is 2.05. The molecule has 0 unspecified atom stereocenters. The van der Waals surface area contributed by atoms with E-state index in [4.69, 9.17) is 5.73 Å². The minimum absolute atomic E-state index is 0.645. The molecule has 1 heterocycles. The zero-order valence-corrected chi connectivity index (χ0v) is 12.1. The van der Waals surface area contributed by atoms with Crippen molar-refractivity contribution in [2.75, 3.05) is 36.8 Å². The molecule has 1 aliphatic heterocycles. The fourth-order valence-electron chi connectivity index (χ4n) is 2.26. The third-order valence-electron chi connectivity index (χ3n) is 3.36. The van der Waals surface area contributed by atoms with Gasteiger partial charge >= 0.3 is 0 Å². The van der Waals surface area contributed by atoms with Crippen LogP contribution in [0.2, 0.25) is 0 Å². The number of nitrogens with two attached hydrogens (primary N) is 1. The molecule has 1 aliphatic rings. The fourth-order valence-corrected chi connectivity index (χ4v) is 2.91. The summed E-state index contributed by atoms with van der Waals surface area (Å²) >= 11 is 3.59. The van der Waals surface area contributed by atoms with Crippen molar-refractivity contribution in [2.24, 2.45) is 0 Å². The van der Waals surface area contributed by atoms with Gasteiger partial charge < -0.3 is 10.6 Å². The molecule has 0 saturated carbocycles. The van der Waals surface area contributed by atoms with E-state index < -0.39 is 0 Å². The number of benzene rings is 1. The number of nitrogens with zero attached hydrogens (tertiary/aromatic N) is 2. The summed E-state index contributed by atoms with van der Waals surface area (Å²) in [6.07, 6.45) is 0. The normalized spacial score (nSPS) is 17.8. The zero-order valence-electron chi connectivity index (χ0n) is 10.5. The van der Waals surface area contributed by atoms with Crippen LogP contribution in [-0.2, 0) is 0 Å². The second-order valence-corrected chi connectivity index (χ2v) is 5.68. The van der Waals surface area contributed by atoms with Gasteiger partial charge in [0.15, 0.2) is 0 Å². The van der Waals surface area contributed by atoms with Crippen molar-refractivity contribution in [3.05, 3.63) is 22.7 Å². The molecule has 1 aromatic rings. The average Bonchev–Trinajstić information content (AvgIpc) is 2.29. The van der Waals surface area contributed by atoms with Crippen LogP contribution < -0.4 is 10.6 Å². The van der Waals surface area contributed by atoms with Gasteiger partial charge in [-0.05, 0) is 48.0 Å². The predicted octanol–water partition coefficient (Wildman–Crippen LogP) is 2.56. The molecule has 0 radical (unpaired) electrons. The molecule has 2 N–H and O–H groups in total.